The first kappa shape index (κ1) is 21.1. The standard InChI is InChI=1S/C20H16F2N2O3S2/c21-14-3-1-13(2-4-14)11-17-19(26)24(20(27)29-17)10-9-23-18(25)12-28-16-7-5-15(22)6-8-16/h1-8,11H,9-10,12H2,(H,23,25)/b17-11-. The van der Waals surface area contributed by atoms with E-state index in [4.69, 9.17) is 0 Å². The van der Waals surface area contributed by atoms with Gasteiger partial charge in [0.15, 0.2) is 0 Å². The van der Waals surface area contributed by atoms with Crippen LogP contribution in [0.1, 0.15) is 5.56 Å². The van der Waals surface area contributed by atoms with E-state index in [2.05, 4.69) is 5.32 Å². The van der Waals surface area contributed by atoms with Crippen molar-refractivity contribution in [3.63, 3.8) is 0 Å². The second-order valence-electron chi connectivity index (χ2n) is 5.98. The van der Waals surface area contributed by atoms with Crippen LogP contribution in [0.3, 0.4) is 0 Å². The topological polar surface area (TPSA) is 66.5 Å². The molecule has 0 radical (unpaired) electrons. The molecule has 2 aromatic carbocycles. The molecule has 0 saturated carbocycles. The first-order valence-electron chi connectivity index (χ1n) is 8.58. The SMILES string of the molecule is O=C(CSc1ccc(F)cc1)NCCN1C(=O)S/C(=C\c2ccc(F)cc2)C1=O. The summed E-state index contributed by atoms with van der Waals surface area (Å²) in [5.41, 5.74) is 0.614. The average molecular weight is 434 g/mol. The van der Waals surface area contributed by atoms with E-state index in [0.29, 0.717) is 5.56 Å². The van der Waals surface area contributed by atoms with Crippen LogP contribution < -0.4 is 5.32 Å². The molecule has 0 spiro atoms. The van der Waals surface area contributed by atoms with E-state index in [1.54, 1.807) is 12.1 Å². The van der Waals surface area contributed by atoms with Crippen LogP contribution in [-0.2, 0) is 9.59 Å². The summed E-state index contributed by atoms with van der Waals surface area (Å²) in [5, 5.41) is 2.23. The molecule has 5 nitrogen and oxygen atoms in total. The summed E-state index contributed by atoms with van der Waals surface area (Å²) in [5.74, 6) is -1.29. The van der Waals surface area contributed by atoms with Crippen molar-refractivity contribution >= 4 is 46.7 Å². The van der Waals surface area contributed by atoms with Gasteiger partial charge < -0.3 is 5.32 Å². The number of amides is 3. The smallest absolute Gasteiger partial charge is 0.293 e. The van der Waals surface area contributed by atoms with E-state index in [-0.39, 0.29) is 41.3 Å². The minimum absolute atomic E-state index is 0.0539. The number of rotatable bonds is 7. The number of hydrogen-bond donors (Lipinski definition) is 1. The van der Waals surface area contributed by atoms with E-state index >= 15 is 0 Å². The van der Waals surface area contributed by atoms with Gasteiger partial charge in [0.2, 0.25) is 5.91 Å². The quantitative estimate of drug-likeness (QED) is 0.529. The van der Waals surface area contributed by atoms with Crippen LogP contribution in [0.5, 0.6) is 0 Å². The fraction of sp³-hybridized carbons (Fsp3) is 0.150. The van der Waals surface area contributed by atoms with Gasteiger partial charge >= 0.3 is 0 Å². The second kappa shape index (κ2) is 9.71. The van der Waals surface area contributed by atoms with Crippen LogP contribution >= 0.6 is 23.5 Å². The Morgan fingerprint density at radius 3 is 2.31 bits per heavy atom. The van der Waals surface area contributed by atoms with Gasteiger partial charge in [-0.1, -0.05) is 12.1 Å². The van der Waals surface area contributed by atoms with Gasteiger partial charge in [0.05, 0.1) is 10.7 Å². The Kier molecular flexibility index (Phi) is 7.05. The third kappa shape index (κ3) is 5.91. The summed E-state index contributed by atoms with van der Waals surface area (Å²) < 4.78 is 25.8. The molecule has 0 atom stereocenters. The molecule has 1 aliphatic rings. The van der Waals surface area contributed by atoms with Crippen molar-refractivity contribution in [1.82, 2.24) is 10.2 Å². The van der Waals surface area contributed by atoms with Crippen LogP contribution in [0.4, 0.5) is 13.6 Å². The van der Waals surface area contributed by atoms with Gasteiger partial charge in [-0.2, -0.15) is 0 Å². The molecule has 3 rings (SSSR count). The molecule has 1 saturated heterocycles. The second-order valence-corrected chi connectivity index (χ2v) is 8.02. The molecule has 2 aromatic rings. The fourth-order valence-corrected chi connectivity index (χ4v) is 4.03. The Hall–Kier alpha value is -2.65. The number of halogens is 2. The number of carbonyl (C=O) groups is 3. The Bertz CT molecular complexity index is 947. The molecule has 0 bridgehead atoms. The first-order valence-corrected chi connectivity index (χ1v) is 10.4. The van der Waals surface area contributed by atoms with Crippen molar-refractivity contribution in [3.8, 4) is 0 Å². The summed E-state index contributed by atoms with van der Waals surface area (Å²) in [7, 11) is 0. The summed E-state index contributed by atoms with van der Waals surface area (Å²) in [6, 6.07) is 11.4. The molecule has 3 amide bonds. The molecule has 0 unspecified atom stereocenters. The van der Waals surface area contributed by atoms with E-state index < -0.39 is 11.1 Å². The zero-order valence-electron chi connectivity index (χ0n) is 15.1. The molecule has 1 heterocycles. The van der Waals surface area contributed by atoms with E-state index in [0.717, 1.165) is 21.6 Å². The molecule has 1 aliphatic heterocycles. The van der Waals surface area contributed by atoms with Gasteiger partial charge in [-0.25, -0.2) is 8.78 Å². The summed E-state index contributed by atoms with van der Waals surface area (Å²) >= 11 is 2.06. The Labute approximate surface area is 174 Å². The van der Waals surface area contributed by atoms with E-state index in [1.807, 2.05) is 0 Å². The monoisotopic (exact) mass is 434 g/mol. The van der Waals surface area contributed by atoms with Crippen molar-refractivity contribution in [2.45, 2.75) is 4.90 Å². The van der Waals surface area contributed by atoms with E-state index in [9.17, 15) is 23.2 Å². The molecular weight excluding hydrogens is 418 g/mol. The lowest BCUT2D eigenvalue weighted by Gasteiger charge is -2.13. The summed E-state index contributed by atoms with van der Waals surface area (Å²) in [6.07, 6.45) is 1.53. The molecule has 29 heavy (non-hydrogen) atoms. The normalized spacial score (nSPS) is 15.2. The number of hydrogen-bond acceptors (Lipinski definition) is 5. The van der Waals surface area contributed by atoms with Gasteiger partial charge in [0.1, 0.15) is 11.6 Å². The zero-order valence-corrected chi connectivity index (χ0v) is 16.7. The third-order valence-corrected chi connectivity index (χ3v) is 5.80. The van der Waals surface area contributed by atoms with Gasteiger partial charge in [0.25, 0.3) is 11.1 Å². The Morgan fingerprint density at radius 1 is 1.03 bits per heavy atom. The highest BCUT2D eigenvalue weighted by molar-refractivity contribution is 8.18. The van der Waals surface area contributed by atoms with Crippen molar-refractivity contribution in [3.05, 3.63) is 70.6 Å². The van der Waals surface area contributed by atoms with Crippen molar-refractivity contribution < 1.29 is 23.2 Å². The lowest BCUT2D eigenvalue weighted by atomic mass is 10.2. The number of nitrogens with one attached hydrogen (secondary N) is 1. The molecule has 0 aromatic heterocycles. The lowest BCUT2D eigenvalue weighted by Crippen LogP contribution is -2.37. The minimum Gasteiger partial charge on any atom is -0.354 e. The molecular formula is C20H16F2N2O3S2. The number of carbonyl (C=O) groups excluding carboxylic acids is 3. The summed E-state index contributed by atoms with van der Waals surface area (Å²) in [6.45, 7) is 0.184. The molecule has 1 N–H and O–H groups in total. The van der Waals surface area contributed by atoms with Crippen LogP contribution in [0.25, 0.3) is 6.08 Å². The Balaban J connectivity index is 1.47. The molecule has 1 fully saturated rings. The average Bonchev–Trinajstić information content (AvgIpc) is 2.96. The fourth-order valence-electron chi connectivity index (χ4n) is 2.44. The Morgan fingerprint density at radius 2 is 1.66 bits per heavy atom. The zero-order chi connectivity index (χ0) is 20.8. The van der Waals surface area contributed by atoms with Crippen LogP contribution in [-0.4, -0.2) is 40.8 Å². The van der Waals surface area contributed by atoms with Crippen molar-refractivity contribution in [1.29, 1.82) is 0 Å². The minimum atomic E-state index is -0.445. The highest BCUT2D eigenvalue weighted by Gasteiger charge is 2.34. The van der Waals surface area contributed by atoms with Gasteiger partial charge in [-0.3, -0.25) is 19.3 Å². The van der Waals surface area contributed by atoms with E-state index in [1.165, 1.54) is 54.2 Å². The molecule has 0 aliphatic carbocycles. The molecule has 150 valence electrons. The maximum absolute atomic E-state index is 13.0. The number of thioether (sulfide) groups is 2. The largest absolute Gasteiger partial charge is 0.354 e. The van der Waals surface area contributed by atoms with Crippen LogP contribution in [0.15, 0.2) is 58.3 Å². The van der Waals surface area contributed by atoms with Crippen LogP contribution in [0.2, 0.25) is 0 Å². The maximum atomic E-state index is 13.0. The van der Waals surface area contributed by atoms with Gasteiger partial charge in [0, 0.05) is 18.0 Å². The van der Waals surface area contributed by atoms with Crippen LogP contribution in [0, 0.1) is 11.6 Å². The number of nitrogens with zero attached hydrogens (tertiary/aromatic N) is 1. The highest BCUT2D eigenvalue weighted by Crippen LogP contribution is 2.31. The first-order chi connectivity index (χ1) is 13.9. The number of benzene rings is 2. The highest BCUT2D eigenvalue weighted by atomic mass is 32.2. The number of imide groups is 1. The summed E-state index contributed by atoms with van der Waals surface area (Å²) in [4.78, 5) is 38.5. The predicted molar refractivity (Wildman–Crippen MR) is 109 cm³/mol. The van der Waals surface area contributed by atoms with Crippen molar-refractivity contribution in [2.75, 3.05) is 18.8 Å². The van der Waals surface area contributed by atoms with Crippen molar-refractivity contribution in [2.24, 2.45) is 0 Å². The van der Waals surface area contributed by atoms with Gasteiger partial charge in [-0.15, -0.1) is 11.8 Å². The molecule has 9 heteroatoms. The van der Waals surface area contributed by atoms with Gasteiger partial charge in [-0.05, 0) is 59.8 Å². The predicted octanol–water partition coefficient (Wildman–Crippen LogP) is 3.91. The lowest BCUT2D eigenvalue weighted by molar-refractivity contribution is -0.123. The maximum Gasteiger partial charge on any atom is 0.293 e. The third-order valence-electron chi connectivity index (χ3n) is 3.88.